The molecule has 0 atom stereocenters. The molecular weight excluding hydrogens is 376 g/mol. The molecule has 0 radical (unpaired) electrons. The van der Waals surface area contributed by atoms with Crippen LogP contribution in [-0.4, -0.2) is 41.8 Å². The van der Waals surface area contributed by atoms with E-state index in [-0.39, 0.29) is 18.4 Å². The van der Waals surface area contributed by atoms with Crippen molar-refractivity contribution in [1.29, 1.82) is 0 Å². The Kier molecular flexibility index (Phi) is 6.85. The van der Waals surface area contributed by atoms with Crippen LogP contribution >= 0.6 is 23.5 Å². The highest BCUT2D eigenvalue weighted by Gasteiger charge is 2.20. The minimum Gasteiger partial charge on any atom is -0.332 e. The molecule has 0 unspecified atom stereocenters. The van der Waals surface area contributed by atoms with Crippen LogP contribution < -0.4 is 5.32 Å². The molecule has 0 aliphatic carbocycles. The first-order chi connectivity index (χ1) is 13.1. The Balaban J connectivity index is 1.59. The largest absolute Gasteiger partial charge is 0.332 e. The van der Waals surface area contributed by atoms with Crippen molar-refractivity contribution in [2.45, 2.75) is 17.9 Å². The summed E-state index contributed by atoms with van der Waals surface area (Å²) in [5, 5.41) is 2.91. The van der Waals surface area contributed by atoms with Gasteiger partial charge < -0.3 is 10.2 Å². The van der Waals surface area contributed by atoms with Crippen molar-refractivity contribution < 1.29 is 9.59 Å². The number of carbonyl (C=O) groups is 2. The zero-order chi connectivity index (χ0) is 19.2. The fraction of sp³-hybridized carbons (Fsp3) is 0.333. The van der Waals surface area contributed by atoms with Crippen LogP contribution in [0.2, 0.25) is 0 Å². The zero-order valence-electron chi connectivity index (χ0n) is 15.6. The molecule has 1 saturated heterocycles. The summed E-state index contributed by atoms with van der Waals surface area (Å²) in [4.78, 5) is 26.4. The smallest absolute Gasteiger partial charge is 0.254 e. The number of nitrogens with one attached hydrogen (secondary N) is 1. The number of benzene rings is 2. The number of aryl methyl sites for hydroxylation is 1. The number of likely N-dealkylation sites (N-methyl/N-ethyl adjacent to an activating group) is 1. The lowest BCUT2D eigenvalue weighted by atomic mass is 10.1. The second kappa shape index (κ2) is 9.33. The first-order valence-corrected chi connectivity index (χ1v) is 11.1. The molecule has 1 N–H and O–H groups in total. The van der Waals surface area contributed by atoms with E-state index in [1.807, 2.05) is 79.0 Å². The Bertz CT molecular complexity index is 802. The molecule has 2 aromatic rings. The Labute approximate surface area is 169 Å². The molecule has 0 aromatic heterocycles. The van der Waals surface area contributed by atoms with E-state index in [4.69, 9.17) is 0 Å². The number of para-hydroxylation sites is 1. The molecule has 0 bridgehead atoms. The summed E-state index contributed by atoms with van der Waals surface area (Å²) in [5.41, 5.74) is 3.74. The van der Waals surface area contributed by atoms with Gasteiger partial charge in [-0.1, -0.05) is 37.3 Å². The van der Waals surface area contributed by atoms with Crippen LogP contribution in [0.5, 0.6) is 0 Å². The van der Waals surface area contributed by atoms with Gasteiger partial charge in [-0.05, 0) is 35.7 Å². The number of nitrogens with zero attached hydrogens (tertiary/aromatic N) is 1. The van der Waals surface area contributed by atoms with Gasteiger partial charge in [0, 0.05) is 29.8 Å². The lowest BCUT2D eigenvalue weighted by Gasteiger charge is -2.18. The van der Waals surface area contributed by atoms with Crippen molar-refractivity contribution in [2.75, 3.05) is 30.4 Å². The normalized spacial score (nSPS) is 14.1. The maximum Gasteiger partial charge on any atom is 0.254 e. The summed E-state index contributed by atoms with van der Waals surface area (Å²) in [5.74, 6) is 2.01. The molecule has 0 spiro atoms. The molecule has 1 aliphatic rings. The summed E-state index contributed by atoms with van der Waals surface area (Å²) in [6, 6.07) is 15.5. The molecule has 2 aromatic carbocycles. The van der Waals surface area contributed by atoms with Crippen LogP contribution in [0.25, 0.3) is 0 Å². The number of thioether (sulfide) groups is 2. The number of anilines is 1. The SMILES string of the molecule is CCc1ccccc1NC(=O)CN(C)C(=O)c1ccc(C2SCCS2)cc1. The highest BCUT2D eigenvalue weighted by Crippen LogP contribution is 2.45. The quantitative estimate of drug-likeness (QED) is 0.779. The van der Waals surface area contributed by atoms with Gasteiger partial charge in [0.05, 0.1) is 11.1 Å². The van der Waals surface area contributed by atoms with Gasteiger partial charge in [0.25, 0.3) is 5.91 Å². The van der Waals surface area contributed by atoms with Crippen LogP contribution in [0.4, 0.5) is 5.69 Å². The van der Waals surface area contributed by atoms with Gasteiger partial charge in [0.2, 0.25) is 5.91 Å². The van der Waals surface area contributed by atoms with Gasteiger partial charge in [-0.25, -0.2) is 0 Å². The van der Waals surface area contributed by atoms with Crippen molar-refractivity contribution in [1.82, 2.24) is 4.90 Å². The van der Waals surface area contributed by atoms with Crippen LogP contribution in [0.15, 0.2) is 48.5 Å². The van der Waals surface area contributed by atoms with Gasteiger partial charge in [-0.15, -0.1) is 23.5 Å². The van der Waals surface area contributed by atoms with E-state index < -0.39 is 0 Å². The van der Waals surface area contributed by atoms with Gasteiger partial charge in [-0.2, -0.15) is 0 Å². The van der Waals surface area contributed by atoms with Crippen molar-refractivity contribution in [3.05, 3.63) is 65.2 Å². The lowest BCUT2D eigenvalue weighted by Crippen LogP contribution is -2.35. The third-order valence-electron chi connectivity index (χ3n) is 4.45. The summed E-state index contributed by atoms with van der Waals surface area (Å²) in [6.45, 7) is 2.07. The van der Waals surface area contributed by atoms with Gasteiger partial charge >= 0.3 is 0 Å². The molecule has 6 heteroatoms. The standard InChI is InChI=1S/C21H24N2O2S2/c1-3-15-6-4-5-7-18(15)22-19(24)14-23(2)20(25)16-8-10-17(11-9-16)21-26-12-13-27-21/h4-11,21H,3,12-14H2,1-2H3,(H,22,24). The Hall–Kier alpha value is -1.92. The molecule has 1 heterocycles. The van der Waals surface area contributed by atoms with E-state index in [1.165, 1.54) is 22.0 Å². The maximum atomic E-state index is 12.6. The minimum atomic E-state index is -0.192. The molecule has 2 amide bonds. The topological polar surface area (TPSA) is 49.4 Å². The Morgan fingerprint density at radius 3 is 2.41 bits per heavy atom. The Morgan fingerprint density at radius 2 is 1.74 bits per heavy atom. The zero-order valence-corrected chi connectivity index (χ0v) is 17.2. The predicted octanol–water partition coefficient (Wildman–Crippen LogP) is 4.44. The number of hydrogen-bond acceptors (Lipinski definition) is 4. The van der Waals surface area contributed by atoms with Crippen molar-refractivity contribution in [3.63, 3.8) is 0 Å². The number of rotatable bonds is 6. The van der Waals surface area contributed by atoms with Crippen molar-refractivity contribution >= 4 is 41.0 Å². The van der Waals surface area contributed by atoms with Crippen LogP contribution in [0, 0.1) is 0 Å². The fourth-order valence-corrected chi connectivity index (χ4v) is 5.84. The third kappa shape index (κ3) is 5.08. The number of amides is 2. The first kappa shape index (κ1) is 19.8. The molecule has 142 valence electrons. The second-order valence-electron chi connectivity index (χ2n) is 6.42. The summed E-state index contributed by atoms with van der Waals surface area (Å²) in [6.07, 6.45) is 0.842. The Morgan fingerprint density at radius 1 is 1.07 bits per heavy atom. The van der Waals surface area contributed by atoms with Crippen LogP contribution in [0.3, 0.4) is 0 Å². The molecule has 1 fully saturated rings. The number of carbonyl (C=O) groups excluding carboxylic acids is 2. The molecular formula is C21H24N2O2S2. The molecule has 1 aliphatic heterocycles. The van der Waals surface area contributed by atoms with E-state index >= 15 is 0 Å². The average molecular weight is 401 g/mol. The van der Waals surface area contributed by atoms with E-state index in [9.17, 15) is 9.59 Å². The summed E-state index contributed by atoms with van der Waals surface area (Å²) >= 11 is 3.89. The van der Waals surface area contributed by atoms with Gasteiger partial charge in [0.1, 0.15) is 0 Å². The number of hydrogen-bond donors (Lipinski definition) is 1. The highest BCUT2D eigenvalue weighted by atomic mass is 32.2. The van der Waals surface area contributed by atoms with E-state index in [0.717, 1.165) is 17.7 Å². The third-order valence-corrected chi connectivity index (χ3v) is 7.56. The van der Waals surface area contributed by atoms with E-state index in [0.29, 0.717) is 10.1 Å². The maximum absolute atomic E-state index is 12.6. The monoisotopic (exact) mass is 400 g/mol. The van der Waals surface area contributed by atoms with Crippen molar-refractivity contribution in [2.24, 2.45) is 0 Å². The van der Waals surface area contributed by atoms with E-state index in [2.05, 4.69) is 5.32 Å². The van der Waals surface area contributed by atoms with Crippen molar-refractivity contribution in [3.8, 4) is 0 Å². The highest BCUT2D eigenvalue weighted by molar-refractivity contribution is 8.19. The molecule has 3 rings (SSSR count). The minimum absolute atomic E-state index is 0.0208. The first-order valence-electron chi connectivity index (χ1n) is 9.05. The van der Waals surface area contributed by atoms with Crippen LogP contribution in [-0.2, 0) is 11.2 Å². The average Bonchev–Trinajstić information content (AvgIpc) is 3.22. The second-order valence-corrected chi connectivity index (χ2v) is 9.14. The van der Waals surface area contributed by atoms with E-state index in [1.54, 1.807) is 7.05 Å². The summed E-state index contributed by atoms with van der Waals surface area (Å²) in [7, 11) is 1.66. The van der Waals surface area contributed by atoms with Gasteiger partial charge in [0.15, 0.2) is 0 Å². The molecule has 0 saturated carbocycles. The summed E-state index contributed by atoms with van der Waals surface area (Å²) < 4.78 is 0.469. The van der Waals surface area contributed by atoms with Gasteiger partial charge in [-0.3, -0.25) is 9.59 Å². The predicted molar refractivity (Wildman–Crippen MR) is 116 cm³/mol. The molecule has 4 nitrogen and oxygen atoms in total. The fourth-order valence-electron chi connectivity index (χ4n) is 2.98. The lowest BCUT2D eigenvalue weighted by molar-refractivity contribution is -0.116. The van der Waals surface area contributed by atoms with Crippen LogP contribution in [0.1, 0.15) is 33.0 Å². The molecule has 27 heavy (non-hydrogen) atoms.